The number of thioether (sulfide) groups is 1. The topological polar surface area (TPSA) is 145 Å². The fourth-order valence-corrected chi connectivity index (χ4v) is 7.09. The van der Waals surface area contributed by atoms with E-state index >= 15 is 0 Å². The maximum Gasteiger partial charge on any atom is 0.407 e. The maximum absolute atomic E-state index is 14.5. The molecule has 268 valence electrons. The number of benzene rings is 2. The van der Waals surface area contributed by atoms with Gasteiger partial charge < -0.3 is 30.0 Å². The number of rotatable bonds is 12. The highest BCUT2D eigenvalue weighted by atomic mass is 32.2. The second-order valence-electron chi connectivity index (χ2n) is 13.5. The summed E-state index contributed by atoms with van der Waals surface area (Å²) in [5.74, 6) is -0.784. The van der Waals surface area contributed by atoms with Crippen LogP contribution in [0, 0.1) is 5.41 Å². The zero-order valence-electron chi connectivity index (χ0n) is 29.8. The molecule has 2 aliphatic heterocycles. The van der Waals surface area contributed by atoms with E-state index in [9.17, 15) is 19.2 Å². The van der Waals surface area contributed by atoms with Gasteiger partial charge in [-0.2, -0.15) is 0 Å². The number of amides is 3. The molecule has 0 bridgehead atoms. The standard InChI is InChI=1S/C35H51N7O6S/c1-23(2)42(25-15-12-17-40(21-25)48-32(45)34(3,4)5)30(43)26-19-28-29(20-27(26)36-6)49-35(37-7,38-8)31(44)41(28)18-16-39-33(46)47-22-24-13-10-9-11-14-24/h9-11,13-14,19-20,23,25,36-38H,12,15-18,21-22H2,1-8H3,(H,39,46). The number of hydrogen-bond donors (Lipinski definition) is 4. The van der Waals surface area contributed by atoms with Gasteiger partial charge in [-0.3, -0.25) is 20.2 Å². The Morgan fingerprint density at radius 3 is 2.39 bits per heavy atom. The Balaban J connectivity index is 1.60. The van der Waals surface area contributed by atoms with Gasteiger partial charge in [0.25, 0.3) is 11.8 Å². The van der Waals surface area contributed by atoms with Crippen LogP contribution in [0.4, 0.5) is 16.2 Å². The first-order valence-corrected chi connectivity index (χ1v) is 17.6. The van der Waals surface area contributed by atoms with Gasteiger partial charge in [0.05, 0.1) is 23.2 Å². The number of hydrogen-bond acceptors (Lipinski definition) is 11. The molecule has 4 N–H and O–H groups in total. The first-order valence-electron chi connectivity index (χ1n) is 16.7. The van der Waals surface area contributed by atoms with E-state index < -0.39 is 16.5 Å². The summed E-state index contributed by atoms with van der Waals surface area (Å²) < 4.78 is 5.36. The third-order valence-electron chi connectivity index (χ3n) is 8.59. The van der Waals surface area contributed by atoms with E-state index in [1.54, 1.807) is 37.2 Å². The second kappa shape index (κ2) is 16.2. The summed E-state index contributed by atoms with van der Waals surface area (Å²) in [6.45, 7) is 10.7. The largest absolute Gasteiger partial charge is 0.445 e. The molecule has 4 rings (SSSR count). The quantitative estimate of drug-likeness (QED) is 0.239. The van der Waals surface area contributed by atoms with Crippen molar-refractivity contribution in [2.75, 3.05) is 57.5 Å². The van der Waals surface area contributed by atoms with Gasteiger partial charge in [0.2, 0.25) is 4.99 Å². The number of hydroxylamine groups is 2. The predicted molar refractivity (Wildman–Crippen MR) is 191 cm³/mol. The van der Waals surface area contributed by atoms with E-state index in [1.807, 2.05) is 75.9 Å². The molecule has 3 amide bonds. The number of nitrogens with zero attached hydrogens (tertiary/aromatic N) is 3. The molecule has 13 nitrogen and oxygen atoms in total. The van der Waals surface area contributed by atoms with Gasteiger partial charge in [0.15, 0.2) is 0 Å². The predicted octanol–water partition coefficient (Wildman–Crippen LogP) is 4.01. The van der Waals surface area contributed by atoms with Gasteiger partial charge in [-0.05, 0) is 79.3 Å². The second-order valence-corrected chi connectivity index (χ2v) is 14.7. The molecule has 1 unspecified atom stereocenters. The summed E-state index contributed by atoms with van der Waals surface area (Å²) in [5, 5.41) is 13.8. The number of ether oxygens (including phenoxy) is 1. The van der Waals surface area contributed by atoms with Crippen LogP contribution in [0.3, 0.4) is 0 Å². The average molecular weight is 698 g/mol. The van der Waals surface area contributed by atoms with Crippen LogP contribution in [0.1, 0.15) is 63.4 Å². The molecule has 0 aromatic heterocycles. The van der Waals surface area contributed by atoms with Gasteiger partial charge in [0.1, 0.15) is 6.61 Å². The molecule has 0 radical (unpaired) electrons. The highest BCUT2D eigenvalue weighted by Gasteiger charge is 2.46. The van der Waals surface area contributed by atoms with Crippen molar-refractivity contribution in [1.29, 1.82) is 0 Å². The Kier molecular flexibility index (Phi) is 12.6. The van der Waals surface area contributed by atoms with Crippen LogP contribution in [0.25, 0.3) is 0 Å². The fourth-order valence-electron chi connectivity index (χ4n) is 5.91. The summed E-state index contributed by atoms with van der Waals surface area (Å²) in [6, 6.07) is 12.7. The lowest BCUT2D eigenvalue weighted by Gasteiger charge is -2.43. The van der Waals surface area contributed by atoms with Crippen molar-refractivity contribution in [3.63, 3.8) is 0 Å². The normalized spacial score (nSPS) is 17.7. The average Bonchev–Trinajstić information content (AvgIpc) is 3.07. The lowest BCUT2D eigenvalue weighted by Crippen LogP contribution is -2.64. The van der Waals surface area contributed by atoms with Gasteiger partial charge >= 0.3 is 12.1 Å². The van der Waals surface area contributed by atoms with Gasteiger partial charge in [-0.15, -0.1) is 5.06 Å². The van der Waals surface area contributed by atoms with Gasteiger partial charge in [-0.1, -0.05) is 42.1 Å². The number of carbonyl (C=O) groups is 4. The highest BCUT2D eigenvalue weighted by Crippen LogP contribution is 2.45. The van der Waals surface area contributed by atoms with Gasteiger partial charge in [0, 0.05) is 49.3 Å². The lowest BCUT2D eigenvalue weighted by molar-refractivity contribution is -0.208. The summed E-state index contributed by atoms with van der Waals surface area (Å²) in [6.07, 6.45) is 0.921. The molecule has 2 aliphatic rings. The van der Waals surface area contributed by atoms with E-state index in [0.29, 0.717) is 30.0 Å². The Hall–Kier alpha value is -3.85. The van der Waals surface area contributed by atoms with E-state index in [4.69, 9.17) is 9.57 Å². The molecule has 1 saturated heterocycles. The Labute approximate surface area is 293 Å². The monoisotopic (exact) mass is 697 g/mol. The smallest absolute Gasteiger partial charge is 0.407 e. The maximum atomic E-state index is 14.5. The van der Waals surface area contributed by atoms with Crippen LogP contribution in [0.2, 0.25) is 0 Å². The minimum absolute atomic E-state index is 0.118. The molecule has 0 saturated carbocycles. The summed E-state index contributed by atoms with van der Waals surface area (Å²) in [7, 11) is 5.16. The number of alkyl carbamates (subject to hydrolysis) is 1. The van der Waals surface area contributed by atoms with Crippen molar-refractivity contribution in [1.82, 2.24) is 25.9 Å². The molecular formula is C35H51N7O6S. The molecule has 2 aromatic rings. The first-order chi connectivity index (χ1) is 23.2. The SMILES string of the molecule is CNc1cc2c(cc1C(=O)N(C(C)C)C1CCCN(OC(=O)C(C)(C)C)C1)N(CCNC(=O)OCc1ccccc1)C(=O)C(NC)(NC)S2. The number of nitrogens with one attached hydrogen (secondary N) is 4. The van der Waals surface area contributed by atoms with Crippen molar-refractivity contribution in [2.24, 2.45) is 5.41 Å². The van der Waals surface area contributed by atoms with Crippen LogP contribution >= 0.6 is 11.8 Å². The van der Waals surface area contributed by atoms with Crippen molar-refractivity contribution >= 4 is 47.0 Å². The number of likely N-dealkylation sites (N-methyl/N-ethyl adjacent to an activating group) is 2. The number of fused-ring (bicyclic) bond motifs is 1. The van der Waals surface area contributed by atoms with Crippen LogP contribution in [-0.2, 0) is 25.8 Å². The molecule has 49 heavy (non-hydrogen) atoms. The summed E-state index contributed by atoms with van der Waals surface area (Å²) in [4.78, 5) is 62.5. The minimum Gasteiger partial charge on any atom is -0.445 e. The lowest BCUT2D eigenvalue weighted by atomic mass is 9.97. The summed E-state index contributed by atoms with van der Waals surface area (Å²) >= 11 is 1.32. The van der Waals surface area contributed by atoms with E-state index in [2.05, 4.69) is 21.3 Å². The van der Waals surface area contributed by atoms with Crippen molar-refractivity contribution in [2.45, 2.75) is 76.0 Å². The number of piperidine rings is 1. The molecular weight excluding hydrogens is 646 g/mol. The van der Waals surface area contributed by atoms with Crippen LogP contribution in [0.15, 0.2) is 47.4 Å². The molecule has 1 atom stereocenters. The minimum atomic E-state index is -1.17. The Morgan fingerprint density at radius 1 is 1.08 bits per heavy atom. The fraction of sp³-hybridized carbons (Fsp3) is 0.543. The molecule has 2 aromatic carbocycles. The van der Waals surface area contributed by atoms with E-state index in [-0.39, 0.29) is 49.6 Å². The first kappa shape index (κ1) is 38.0. The zero-order chi connectivity index (χ0) is 35.9. The Bertz CT molecular complexity index is 1500. The molecule has 14 heteroatoms. The Morgan fingerprint density at radius 2 is 1.78 bits per heavy atom. The zero-order valence-corrected chi connectivity index (χ0v) is 30.7. The third-order valence-corrected chi connectivity index (χ3v) is 10.0. The number of anilines is 2. The van der Waals surface area contributed by atoms with Crippen LogP contribution in [-0.4, -0.2) is 98.2 Å². The van der Waals surface area contributed by atoms with Crippen molar-refractivity contribution in [3.8, 4) is 0 Å². The van der Waals surface area contributed by atoms with Crippen LogP contribution < -0.4 is 26.2 Å². The summed E-state index contributed by atoms with van der Waals surface area (Å²) in [5.41, 5.74) is 1.80. The van der Waals surface area contributed by atoms with E-state index in [0.717, 1.165) is 23.3 Å². The van der Waals surface area contributed by atoms with Crippen molar-refractivity contribution in [3.05, 3.63) is 53.6 Å². The molecule has 2 heterocycles. The van der Waals surface area contributed by atoms with Crippen LogP contribution in [0.5, 0.6) is 0 Å². The molecule has 1 fully saturated rings. The number of carbonyl (C=O) groups excluding carboxylic acids is 4. The molecule has 0 spiro atoms. The van der Waals surface area contributed by atoms with Crippen molar-refractivity contribution < 1.29 is 28.8 Å². The van der Waals surface area contributed by atoms with E-state index in [1.165, 1.54) is 11.8 Å². The molecule has 0 aliphatic carbocycles. The van der Waals surface area contributed by atoms with Gasteiger partial charge in [-0.25, -0.2) is 9.59 Å². The third kappa shape index (κ3) is 8.85. The highest BCUT2D eigenvalue weighted by molar-refractivity contribution is 8.01.